The van der Waals surface area contributed by atoms with E-state index < -0.39 is 29.5 Å². The SMILES string of the molecule is CC(C)(C)NC(=O)C(c1c(C(=O)O)[nH]c2cc(Cl)ccc12)N1C(=O)CC1c1cccc(OCc2ccccc2)c1. The van der Waals surface area contributed by atoms with Crippen molar-refractivity contribution in [2.24, 2.45) is 0 Å². The van der Waals surface area contributed by atoms with Crippen molar-refractivity contribution in [2.45, 2.75) is 51.4 Å². The van der Waals surface area contributed by atoms with E-state index in [1.54, 1.807) is 18.2 Å². The summed E-state index contributed by atoms with van der Waals surface area (Å²) in [6.45, 7) is 5.88. The number of benzene rings is 3. The third-order valence-electron chi connectivity index (χ3n) is 6.80. The Morgan fingerprint density at radius 3 is 2.52 bits per heavy atom. The number of aromatic amines is 1. The Kier molecular flexibility index (Phi) is 7.29. The molecular weight excluding hydrogens is 530 g/mol. The second-order valence-electron chi connectivity index (χ2n) is 10.9. The molecule has 3 aromatic carbocycles. The molecule has 0 bridgehead atoms. The summed E-state index contributed by atoms with van der Waals surface area (Å²) >= 11 is 6.17. The lowest BCUT2D eigenvalue weighted by Gasteiger charge is -2.46. The van der Waals surface area contributed by atoms with Crippen LogP contribution in [-0.4, -0.2) is 38.3 Å². The standard InChI is InChI=1S/C31H30ClN3O5/c1-31(2,3)34-29(37)28(26-22-13-12-20(32)15-23(22)33-27(26)30(38)39)35-24(16-25(35)36)19-10-7-11-21(14-19)40-17-18-8-5-4-6-9-18/h4-15,24,28,33H,16-17H2,1-3H3,(H,34,37)(H,38,39). The number of fused-ring (bicyclic) bond motifs is 1. The number of hydrogen-bond donors (Lipinski definition) is 3. The van der Waals surface area contributed by atoms with E-state index in [0.29, 0.717) is 28.3 Å². The minimum absolute atomic E-state index is 0.162. The summed E-state index contributed by atoms with van der Waals surface area (Å²) in [7, 11) is 0. The van der Waals surface area contributed by atoms with Gasteiger partial charge in [0.05, 0.1) is 12.5 Å². The Morgan fingerprint density at radius 1 is 1.10 bits per heavy atom. The van der Waals surface area contributed by atoms with Crippen molar-refractivity contribution in [3.05, 3.63) is 100 Å². The summed E-state index contributed by atoms with van der Waals surface area (Å²) in [4.78, 5) is 43.8. The predicted octanol–water partition coefficient (Wildman–Crippen LogP) is 6.03. The van der Waals surface area contributed by atoms with E-state index >= 15 is 0 Å². The van der Waals surface area contributed by atoms with Crippen molar-refractivity contribution in [3.63, 3.8) is 0 Å². The average molecular weight is 560 g/mol. The molecule has 3 N–H and O–H groups in total. The molecule has 5 rings (SSSR count). The highest BCUT2D eigenvalue weighted by molar-refractivity contribution is 6.31. The molecule has 8 nitrogen and oxygen atoms in total. The van der Waals surface area contributed by atoms with Gasteiger partial charge in [-0.2, -0.15) is 0 Å². The molecule has 2 amide bonds. The first-order chi connectivity index (χ1) is 19.0. The maximum atomic E-state index is 13.9. The second-order valence-corrected chi connectivity index (χ2v) is 11.4. The Bertz CT molecular complexity index is 1590. The van der Waals surface area contributed by atoms with Crippen LogP contribution in [0.4, 0.5) is 0 Å². The summed E-state index contributed by atoms with van der Waals surface area (Å²) in [5.41, 5.74) is 1.71. The van der Waals surface area contributed by atoms with Gasteiger partial charge in [0.1, 0.15) is 24.1 Å². The first-order valence-electron chi connectivity index (χ1n) is 13.0. The van der Waals surface area contributed by atoms with Crippen LogP contribution in [0.25, 0.3) is 10.9 Å². The van der Waals surface area contributed by atoms with Crippen molar-refractivity contribution in [2.75, 3.05) is 0 Å². The van der Waals surface area contributed by atoms with Crippen LogP contribution in [0.3, 0.4) is 0 Å². The van der Waals surface area contributed by atoms with Crippen LogP contribution in [0.5, 0.6) is 5.75 Å². The Morgan fingerprint density at radius 2 is 1.85 bits per heavy atom. The zero-order valence-corrected chi connectivity index (χ0v) is 23.2. The lowest BCUT2D eigenvalue weighted by Crippen LogP contribution is -2.55. The lowest BCUT2D eigenvalue weighted by molar-refractivity contribution is -0.156. The van der Waals surface area contributed by atoms with Crippen LogP contribution in [0.1, 0.15) is 66.5 Å². The maximum absolute atomic E-state index is 13.9. The largest absolute Gasteiger partial charge is 0.489 e. The van der Waals surface area contributed by atoms with Crippen LogP contribution in [0.15, 0.2) is 72.8 Å². The molecule has 0 saturated carbocycles. The molecule has 0 radical (unpaired) electrons. The van der Waals surface area contributed by atoms with Crippen molar-refractivity contribution in [3.8, 4) is 5.75 Å². The van der Waals surface area contributed by atoms with Gasteiger partial charge in [-0.15, -0.1) is 0 Å². The smallest absolute Gasteiger partial charge is 0.352 e. The number of amides is 2. The van der Waals surface area contributed by atoms with Crippen LogP contribution < -0.4 is 10.1 Å². The molecule has 1 fully saturated rings. The molecule has 0 spiro atoms. The molecule has 4 aromatic rings. The highest BCUT2D eigenvalue weighted by Crippen LogP contribution is 2.45. The topological polar surface area (TPSA) is 112 Å². The minimum atomic E-state index is -1.24. The number of nitrogens with zero attached hydrogens (tertiary/aromatic N) is 1. The molecule has 1 aliphatic heterocycles. The van der Waals surface area contributed by atoms with Crippen LogP contribution in [0.2, 0.25) is 5.02 Å². The lowest BCUT2D eigenvalue weighted by atomic mass is 9.87. The normalized spacial score (nSPS) is 15.9. The van der Waals surface area contributed by atoms with Gasteiger partial charge in [-0.25, -0.2) is 4.79 Å². The molecule has 2 unspecified atom stereocenters. The number of carbonyl (C=O) groups is 3. The molecule has 0 aliphatic carbocycles. The summed E-state index contributed by atoms with van der Waals surface area (Å²) in [6, 6.07) is 20.5. The van der Waals surface area contributed by atoms with Gasteiger partial charge in [-0.3, -0.25) is 9.59 Å². The van der Waals surface area contributed by atoms with Crippen molar-refractivity contribution < 1.29 is 24.2 Å². The molecule has 40 heavy (non-hydrogen) atoms. The van der Waals surface area contributed by atoms with Gasteiger partial charge in [0, 0.05) is 27.0 Å². The molecule has 2 heterocycles. The van der Waals surface area contributed by atoms with E-state index in [0.717, 1.165) is 11.1 Å². The Balaban J connectivity index is 1.55. The summed E-state index contributed by atoms with van der Waals surface area (Å²) in [6.07, 6.45) is 0.179. The molecular formula is C31H30ClN3O5. The monoisotopic (exact) mass is 559 g/mol. The maximum Gasteiger partial charge on any atom is 0.352 e. The second kappa shape index (κ2) is 10.7. The summed E-state index contributed by atoms with van der Waals surface area (Å²) in [5.74, 6) is -1.34. The zero-order valence-electron chi connectivity index (χ0n) is 22.4. The molecule has 1 saturated heterocycles. The van der Waals surface area contributed by atoms with Gasteiger partial charge in [-0.1, -0.05) is 60.1 Å². The fraction of sp³-hybridized carbons (Fsp3) is 0.258. The predicted molar refractivity (Wildman–Crippen MR) is 152 cm³/mol. The molecule has 1 aliphatic rings. The number of aromatic nitrogens is 1. The van der Waals surface area contributed by atoms with E-state index in [9.17, 15) is 19.5 Å². The Labute approximate surface area is 236 Å². The van der Waals surface area contributed by atoms with Gasteiger partial charge in [-0.05, 0) is 56.2 Å². The number of likely N-dealkylation sites (tertiary alicyclic amines) is 1. The number of aromatic carboxylic acids is 1. The number of carboxylic acids is 1. The number of rotatable bonds is 8. The van der Waals surface area contributed by atoms with Gasteiger partial charge >= 0.3 is 5.97 Å². The number of carboxylic acid groups (broad SMARTS) is 1. The van der Waals surface area contributed by atoms with Gasteiger partial charge in [0.15, 0.2) is 0 Å². The summed E-state index contributed by atoms with van der Waals surface area (Å²) < 4.78 is 6.00. The quantitative estimate of drug-likeness (QED) is 0.228. The van der Waals surface area contributed by atoms with Crippen LogP contribution >= 0.6 is 11.6 Å². The minimum Gasteiger partial charge on any atom is -0.489 e. The molecule has 1 aromatic heterocycles. The van der Waals surface area contributed by atoms with Crippen LogP contribution in [-0.2, 0) is 16.2 Å². The fourth-order valence-corrected chi connectivity index (χ4v) is 5.24. The molecule has 2 atom stereocenters. The Hall–Kier alpha value is -4.30. The van der Waals surface area contributed by atoms with Crippen molar-refractivity contribution >= 4 is 40.3 Å². The van der Waals surface area contributed by atoms with Crippen molar-refractivity contribution in [1.29, 1.82) is 0 Å². The highest BCUT2D eigenvalue weighted by Gasteiger charge is 2.47. The summed E-state index contributed by atoms with van der Waals surface area (Å²) in [5, 5.41) is 14.0. The number of hydrogen-bond acceptors (Lipinski definition) is 4. The number of nitrogens with one attached hydrogen (secondary N) is 2. The first kappa shape index (κ1) is 27.3. The number of ether oxygens (including phenoxy) is 1. The van der Waals surface area contributed by atoms with Crippen molar-refractivity contribution in [1.82, 2.24) is 15.2 Å². The van der Waals surface area contributed by atoms with Gasteiger partial charge < -0.3 is 25.0 Å². The fourth-order valence-electron chi connectivity index (χ4n) is 5.06. The first-order valence-corrected chi connectivity index (χ1v) is 13.3. The third-order valence-corrected chi connectivity index (χ3v) is 7.03. The average Bonchev–Trinajstić information content (AvgIpc) is 3.27. The van der Waals surface area contributed by atoms with E-state index in [1.807, 2.05) is 75.4 Å². The zero-order chi connectivity index (χ0) is 28.6. The van der Waals surface area contributed by atoms with E-state index in [-0.39, 0.29) is 23.6 Å². The molecule has 9 heteroatoms. The van der Waals surface area contributed by atoms with E-state index in [4.69, 9.17) is 16.3 Å². The van der Waals surface area contributed by atoms with Gasteiger partial charge in [0.2, 0.25) is 11.8 Å². The molecule has 206 valence electrons. The number of carbonyl (C=O) groups excluding carboxylic acids is 2. The number of β-lactam (4-membered cyclic amide) rings is 1. The van der Waals surface area contributed by atoms with Gasteiger partial charge in [0.25, 0.3) is 0 Å². The van der Waals surface area contributed by atoms with E-state index in [1.165, 1.54) is 4.90 Å². The van der Waals surface area contributed by atoms with Crippen LogP contribution in [0, 0.1) is 0 Å². The van der Waals surface area contributed by atoms with E-state index in [2.05, 4.69) is 10.3 Å². The number of H-pyrrole nitrogens is 1. The highest BCUT2D eigenvalue weighted by atomic mass is 35.5. The third kappa shape index (κ3) is 5.53. The number of halogens is 1.